The van der Waals surface area contributed by atoms with E-state index in [1.165, 1.54) is 11.3 Å². The Labute approximate surface area is 168 Å². The van der Waals surface area contributed by atoms with Gasteiger partial charge in [-0.25, -0.2) is 0 Å². The first-order valence-corrected chi connectivity index (χ1v) is 10.1. The van der Waals surface area contributed by atoms with E-state index in [0.29, 0.717) is 29.0 Å². The Morgan fingerprint density at radius 1 is 0.759 bits per heavy atom. The molecular weight excluding hydrogens is 366 g/mol. The molecular formula is C24H21NO4. The van der Waals surface area contributed by atoms with Crippen molar-refractivity contribution in [3.8, 4) is 17.2 Å². The molecule has 2 bridgehead atoms. The van der Waals surface area contributed by atoms with Crippen LogP contribution in [0.3, 0.4) is 0 Å². The predicted octanol–water partition coefficient (Wildman–Crippen LogP) is 4.05. The predicted molar refractivity (Wildman–Crippen MR) is 107 cm³/mol. The largest absolute Gasteiger partial charge is 0.497 e. The molecule has 5 aliphatic rings. The molecule has 1 heterocycles. The summed E-state index contributed by atoms with van der Waals surface area (Å²) in [5, 5.41) is 0. The first-order chi connectivity index (χ1) is 14.2. The molecule has 0 radical (unpaired) electrons. The van der Waals surface area contributed by atoms with Gasteiger partial charge >= 0.3 is 0 Å². The molecule has 0 aromatic heterocycles. The van der Waals surface area contributed by atoms with Crippen LogP contribution in [0, 0.1) is 35.5 Å². The van der Waals surface area contributed by atoms with Crippen molar-refractivity contribution in [2.45, 2.75) is 6.42 Å². The minimum Gasteiger partial charge on any atom is -0.497 e. The van der Waals surface area contributed by atoms with Gasteiger partial charge in [-0.1, -0.05) is 12.2 Å². The van der Waals surface area contributed by atoms with Gasteiger partial charge in [0.05, 0.1) is 24.6 Å². The molecule has 3 fully saturated rings. The van der Waals surface area contributed by atoms with Gasteiger partial charge in [0.25, 0.3) is 0 Å². The molecule has 1 aliphatic heterocycles. The van der Waals surface area contributed by atoms with Crippen molar-refractivity contribution in [1.29, 1.82) is 0 Å². The Morgan fingerprint density at radius 2 is 1.24 bits per heavy atom. The van der Waals surface area contributed by atoms with Crippen LogP contribution in [0.25, 0.3) is 0 Å². The van der Waals surface area contributed by atoms with Crippen molar-refractivity contribution in [1.82, 2.24) is 0 Å². The van der Waals surface area contributed by atoms with Gasteiger partial charge < -0.3 is 9.47 Å². The van der Waals surface area contributed by atoms with Gasteiger partial charge in [-0.3, -0.25) is 14.5 Å². The number of allylic oxidation sites excluding steroid dienone is 2. The SMILES string of the molecule is COc1ccc(Oc2ccc(N3C(=O)[C@@H]4[C@H]5C=C[C@@H]([C@@H]6C[C@@H]56)[C@@H]4C3=O)cc2)cc1. The van der Waals surface area contributed by atoms with Crippen molar-refractivity contribution >= 4 is 17.5 Å². The number of amides is 2. The van der Waals surface area contributed by atoms with Gasteiger partial charge in [0, 0.05) is 0 Å². The maximum atomic E-state index is 13.2. The number of carbonyl (C=O) groups is 2. The average Bonchev–Trinajstić information content (AvgIpc) is 3.53. The lowest BCUT2D eigenvalue weighted by Crippen LogP contribution is -2.40. The molecule has 2 amide bonds. The third kappa shape index (κ3) is 2.40. The van der Waals surface area contributed by atoms with E-state index in [1.54, 1.807) is 31.4 Å². The summed E-state index contributed by atoms with van der Waals surface area (Å²) in [7, 11) is 1.62. The number of hydrogen-bond donors (Lipinski definition) is 0. The zero-order chi connectivity index (χ0) is 19.7. The number of anilines is 1. The van der Waals surface area contributed by atoms with Gasteiger partial charge in [0.15, 0.2) is 0 Å². The molecule has 146 valence electrons. The number of rotatable bonds is 4. The number of methoxy groups -OCH3 is 1. The topological polar surface area (TPSA) is 55.8 Å². The summed E-state index contributed by atoms with van der Waals surface area (Å²) in [5.74, 6) is 3.42. The van der Waals surface area contributed by atoms with Crippen LogP contribution in [0.2, 0.25) is 0 Å². The number of ether oxygens (including phenoxy) is 2. The zero-order valence-electron chi connectivity index (χ0n) is 16.0. The van der Waals surface area contributed by atoms with Crippen molar-refractivity contribution in [2.24, 2.45) is 35.5 Å². The Balaban J connectivity index is 1.23. The van der Waals surface area contributed by atoms with Gasteiger partial charge in [0.1, 0.15) is 17.2 Å². The third-order valence-electron chi connectivity index (χ3n) is 7.05. The number of hydrogen-bond acceptors (Lipinski definition) is 4. The van der Waals surface area contributed by atoms with Gasteiger partial charge in [0.2, 0.25) is 11.8 Å². The summed E-state index contributed by atoms with van der Waals surface area (Å²) in [4.78, 5) is 27.7. The van der Waals surface area contributed by atoms with E-state index >= 15 is 0 Å². The fourth-order valence-corrected chi connectivity index (χ4v) is 5.65. The van der Waals surface area contributed by atoms with Gasteiger partial charge in [-0.2, -0.15) is 0 Å². The number of imide groups is 1. The molecule has 29 heavy (non-hydrogen) atoms. The molecule has 6 atom stereocenters. The van der Waals surface area contributed by atoms with Crippen LogP contribution < -0.4 is 14.4 Å². The highest BCUT2D eigenvalue weighted by molar-refractivity contribution is 6.22. The summed E-state index contributed by atoms with van der Waals surface area (Å²) in [6.45, 7) is 0. The van der Waals surface area contributed by atoms with E-state index in [9.17, 15) is 9.59 Å². The van der Waals surface area contributed by atoms with E-state index in [0.717, 1.165) is 5.75 Å². The first kappa shape index (κ1) is 16.8. The van der Waals surface area contributed by atoms with Crippen molar-refractivity contribution in [2.75, 3.05) is 12.0 Å². The van der Waals surface area contributed by atoms with Crippen LogP contribution in [-0.4, -0.2) is 18.9 Å². The molecule has 0 N–H and O–H groups in total. The number of benzene rings is 2. The molecule has 2 aromatic rings. The lowest BCUT2D eigenvalue weighted by molar-refractivity contribution is -0.124. The van der Waals surface area contributed by atoms with Crippen LogP contribution in [0.5, 0.6) is 17.2 Å². The second kappa shape index (κ2) is 5.96. The number of nitrogens with zero attached hydrogens (tertiary/aromatic N) is 1. The first-order valence-electron chi connectivity index (χ1n) is 10.1. The second-order valence-electron chi connectivity index (χ2n) is 8.44. The lowest BCUT2D eigenvalue weighted by atomic mass is 9.63. The molecule has 7 rings (SSSR count). The Bertz CT molecular complexity index is 990. The fourth-order valence-electron chi connectivity index (χ4n) is 5.65. The van der Waals surface area contributed by atoms with E-state index in [-0.39, 0.29) is 35.5 Å². The maximum Gasteiger partial charge on any atom is 0.238 e. The summed E-state index contributed by atoms with van der Waals surface area (Å²) in [5.41, 5.74) is 0.629. The van der Waals surface area contributed by atoms with Gasteiger partial charge in [-0.05, 0) is 78.6 Å². The molecule has 4 aliphatic carbocycles. The lowest BCUT2D eigenvalue weighted by Gasteiger charge is -2.37. The molecule has 5 heteroatoms. The summed E-state index contributed by atoms with van der Waals surface area (Å²) in [6.07, 6.45) is 5.56. The molecule has 2 saturated carbocycles. The highest BCUT2D eigenvalue weighted by Gasteiger charge is 2.67. The minimum absolute atomic E-state index is 0.0338. The number of carbonyl (C=O) groups excluding carboxylic acids is 2. The average molecular weight is 387 g/mol. The summed E-state index contributed by atoms with van der Waals surface area (Å²) >= 11 is 0. The minimum atomic E-state index is -0.170. The van der Waals surface area contributed by atoms with Crippen LogP contribution in [0.15, 0.2) is 60.7 Å². The Kier molecular flexibility index (Phi) is 3.46. The molecule has 5 nitrogen and oxygen atoms in total. The molecule has 1 saturated heterocycles. The maximum absolute atomic E-state index is 13.2. The van der Waals surface area contributed by atoms with Crippen LogP contribution in [-0.2, 0) is 9.59 Å². The second-order valence-corrected chi connectivity index (χ2v) is 8.44. The van der Waals surface area contributed by atoms with Crippen LogP contribution in [0.4, 0.5) is 5.69 Å². The molecule has 0 spiro atoms. The van der Waals surface area contributed by atoms with E-state index in [2.05, 4.69) is 12.2 Å². The molecule has 2 aromatic carbocycles. The Hall–Kier alpha value is -3.08. The highest BCUT2D eigenvalue weighted by Crippen LogP contribution is 2.65. The summed E-state index contributed by atoms with van der Waals surface area (Å²) in [6, 6.07) is 14.5. The van der Waals surface area contributed by atoms with Crippen molar-refractivity contribution in [3.05, 3.63) is 60.7 Å². The zero-order valence-corrected chi connectivity index (χ0v) is 16.0. The summed E-state index contributed by atoms with van der Waals surface area (Å²) < 4.78 is 11.0. The van der Waals surface area contributed by atoms with Crippen LogP contribution in [0.1, 0.15) is 6.42 Å². The smallest absolute Gasteiger partial charge is 0.238 e. The van der Waals surface area contributed by atoms with E-state index < -0.39 is 0 Å². The normalized spacial score (nSPS) is 33.5. The van der Waals surface area contributed by atoms with Crippen LogP contribution >= 0.6 is 0 Å². The van der Waals surface area contributed by atoms with E-state index in [4.69, 9.17) is 9.47 Å². The van der Waals surface area contributed by atoms with Crippen molar-refractivity contribution < 1.29 is 19.1 Å². The monoisotopic (exact) mass is 387 g/mol. The fraction of sp³-hybridized carbons (Fsp3) is 0.333. The van der Waals surface area contributed by atoms with Gasteiger partial charge in [-0.15, -0.1) is 0 Å². The molecule has 0 unspecified atom stereocenters. The third-order valence-corrected chi connectivity index (χ3v) is 7.05. The van der Waals surface area contributed by atoms with Crippen molar-refractivity contribution in [3.63, 3.8) is 0 Å². The Morgan fingerprint density at radius 3 is 1.76 bits per heavy atom. The van der Waals surface area contributed by atoms with E-state index in [1.807, 2.05) is 24.3 Å². The standard InChI is InChI=1S/C24H21NO4/c1-28-14-6-8-16(9-7-14)29-15-4-2-13(3-5-15)25-23(26)21-17-10-11-18(20-12-19(17)20)22(21)24(25)27/h2-11,17-22H,12H2,1H3/t17-,18-,19-,20-,21-,22+/m0/s1. The highest BCUT2D eigenvalue weighted by atomic mass is 16.5. The quantitative estimate of drug-likeness (QED) is 0.587.